The Bertz CT molecular complexity index is 1250. The Morgan fingerprint density at radius 2 is 1.77 bits per heavy atom. The molecule has 7 nitrogen and oxygen atoms in total. The lowest BCUT2D eigenvalue weighted by molar-refractivity contribution is 0.521. The minimum Gasteiger partial charge on any atom is -0.365 e. The SMILES string of the molecule is C=C(Nc1ccc(C)nc1)c1n[nH]c2ccc(-c3cncc(NC(=C)N(C)C)c3)cc12. The Balaban J connectivity index is 1.63. The first-order chi connectivity index (χ1) is 14.9. The van der Waals surface area contributed by atoms with E-state index in [1.807, 2.05) is 62.4 Å². The maximum Gasteiger partial charge on any atom is 0.116 e. The average molecular weight is 412 g/mol. The molecular formula is C24H25N7. The van der Waals surface area contributed by atoms with Crippen LogP contribution in [0.2, 0.25) is 0 Å². The number of hydrogen-bond donors (Lipinski definition) is 3. The van der Waals surface area contributed by atoms with Gasteiger partial charge in [-0.15, -0.1) is 0 Å². The van der Waals surface area contributed by atoms with Crippen molar-refractivity contribution >= 4 is 28.0 Å². The molecule has 0 fully saturated rings. The highest BCUT2D eigenvalue weighted by atomic mass is 15.2. The van der Waals surface area contributed by atoms with Gasteiger partial charge in [0.15, 0.2) is 0 Å². The highest BCUT2D eigenvalue weighted by molar-refractivity contribution is 5.95. The van der Waals surface area contributed by atoms with Gasteiger partial charge in [-0.1, -0.05) is 19.2 Å². The van der Waals surface area contributed by atoms with Gasteiger partial charge in [0.1, 0.15) is 5.69 Å². The van der Waals surface area contributed by atoms with Crippen LogP contribution in [0, 0.1) is 6.92 Å². The molecule has 3 N–H and O–H groups in total. The van der Waals surface area contributed by atoms with Gasteiger partial charge in [0, 0.05) is 36.9 Å². The molecule has 7 heteroatoms. The summed E-state index contributed by atoms with van der Waals surface area (Å²) in [4.78, 5) is 10.6. The first-order valence-electron chi connectivity index (χ1n) is 9.86. The molecule has 0 aliphatic heterocycles. The number of nitrogens with one attached hydrogen (secondary N) is 3. The smallest absolute Gasteiger partial charge is 0.116 e. The predicted octanol–water partition coefficient (Wildman–Crippen LogP) is 4.86. The molecule has 0 bridgehead atoms. The van der Waals surface area contributed by atoms with Crippen molar-refractivity contribution in [2.75, 3.05) is 24.7 Å². The van der Waals surface area contributed by atoms with Crippen LogP contribution >= 0.6 is 0 Å². The quantitative estimate of drug-likeness (QED) is 0.403. The molecule has 0 unspecified atom stereocenters. The number of hydrogen-bond acceptors (Lipinski definition) is 6. The number of benzene rings is 1. The van der Waals surface area contributed by atoms with Crippen molar-refractivity contribution < 1.29 is 0 Å². The molecule has 0 aliphatic carbocycles. The lowest BCUT2D eigenvalue weighted by atomic mass is 10.0. The largest absolute Gasteiger partial charge is 0.365 e. The summed E-state index contributed by atoms with van der Waals surface area (Å²) in [7, 11) is 3.88. The third kappa shape index (κ3) is 4.40. The van der Waals surface area contributed by atoms with E-state index in [1.54, 1.807) is 12.4 Å². The van der Waals surface area contributed by atoms with Gasteiger partial charge in [0.25, 0.3) is 0 Å². The molecule has 0 radical (unpaired) electrons. The Kier molecular flexibility index (Phi) is 5.41. The second-order valence-corrected chi connectivity index (χ2v) is 7.55. The fourth-order valence-corrected chi connectivity index (χ4v) is 3.14. The molecule has 1 aromatic carbocycles. The number of aromatic nitrogens is 4. The standard InChI is InChI=1S/C24H25N7/c1-15-6-8-20(14-26-15)27-16(2)24-22-11-18(7-9-23(22)29-30-24)19-10-21(13-25-12-19)28-17(3)31(4)5/h6-14,27-28H,2-3H2,1,4-5H3,(H,29,30). The maximum atomic E-state index is 4.47. The van der Waals surface area contributed by atoms with Crippen LogP contribution in [0.15, 0.2) is 74.0 Å². The van der Waals surface area contributed by atoms with Gasteiger partial charge < -0.3 is 15.5 Å². The van der Waals surface area contributed by atoms with E-state index in [1.165, 1.54) is 0 Å². The van der Waals surface area contributed by atoms with Gasteiger partial charge in [-0.2, -0.15) is 5.10 Å². The number of aromatic amines is 1. The van der Waals surface area contributed by atoms with Crippen LogP contribution in [0.3, 0.4) is 0 Å². The molecule has 4 aromatic rings. The van der Waals surface area contributed by atoms with E-state index in [2.05, 4.69) is 50.0 Å². The van der Waals surface area contributed by atoms with Crippen LogP contribution in [-0.4, -0.2) is 39.2 Å². The highest BCUT2D eigenvalue weighted by Crippen LogP contribution is 2.29. The summed E-state index contributed by atoms with van der Waals surface area (Å²) >= 11 is 0. The number of aryl methyl sites for hydroxylation is 1. The fraction of sp³-hybridized carbons (Fsp3) is 0.125. The lowest BCUT2D eigenvalue weighted by Gasteiger charge is -2.17. The Morgan fingerprint density at radius 1 is 0.935 bits per heavy atom. The zero-order valence-corrected chi connectivity index (χ0v) is 17.9. The second-order valence-electron chi connectivity index (χ2n) is 7.55. The number of rotatable bonds is 7. The first kappa shape index (κ1) is 20.2. The maximum absolute atomic E-state index is 4.47. The van der Waals surface area contributed by atoms with E-state index in [9.17, 15) is 0 Å². The van der Waals surface area contributed by atoms with E-state index in [4.69, 9.17) is 0 Å². The van der Waals surface area contributed by atoms with Gasteiger partial charge in [0.05, 0.1) is 40.8 Å². The zero-order valence-electron chi connectivity index (χ0n) is 17.9. The van der Waals surface area contributed by atoms with Crippen molar-refractivity contribution in [3.8, 4) is 11.1 Å². The molecule has 4 rings (SSSR count). The zero-order chi connectivity index (χ0) is 22.0. The van der Waals surface area contributed by atoms with Crippen LogP contribution in [0.1, 0.15) is 11.4 Å². The summed E-state index contributed by atoms with van der Waals surface area (Å²) in [6.07, 6.45) is 5.41. The molecule has 3 aromatic heterocycles. The topological polar surface area (TPSA) is 81.8 Å². The fourth-order valence-electron chi connectivity index (χ4n) is 3.14. The average Bonchev–Trinajstić information content (AvgIpc) is 3.19. The summed E-state index contributed by atoms with van der Waals surface area (Å²) in [5, 5.41) is 15.1. The third-order valence-corrected chi connectivity index (χ3v) is 4.96. The van der Waals surface area contributed by atoms with Crippen molar-refractivity contribution in [3.63, 3.8) is 0 Å². The molecule has 3 heterocycles. The van der Waals surface area contributed by atoms with E-state index in [0.29, 0.717) is 5.70 Å². The second kappa shape index (κ2) is 8.31. The number of fused-ring (bicyclic) bond motifs is 1. The molecule has 0 atom stereocenters. The van der Waals surface area contributed by atoms with Gasteiger partial charge >= 0.3 is 0 Å². The Hall–Kier alpha value is -4.13. The van der Waals surface area contributed by atoms with Crippen LogP contribution in [0.4, 0.5) is 11.4 Å². The molecule has 0 spiro atoms. The van der Waals surface area contributed by atoms with Crippen molar-refractivity contribution in [2.24, 2.45) is 0 Å². The molecular weight excluding hydrogens is 386 g/mol. The van der Waals surface area contributed by atoms with Gasteiger partial charge in [-0.25, -0.2) is 0 Å². The van der Waals surface area contributed by atoms with Gasteiger partial charge in [-0.3, -0.25) is 15.1 Å². The summed E-state index contributed by atoms with van der Waals surface area (Å²) < 4.78 is 0. The van der Waals surface area contributed by atoms with Gasteiger partial charge in [0.2, 0.25) is 0 Å². The van der Waals surface area contributed by atoms with Crippen molar-refractivity contribution in [1.82, 2.24) is 25.1 Å². The van der Waals surface area contributed by atoms with Crippen LogP contribution in [0.25, 0.3) is 27.7 Å². The molecule has 0 saturated carbocycles. The normalized spacial score (nSPS) is 10.7. The monoisotopic (exact) mass is 411 g/mol. The van der Waals surface area contributed by atoms with E-state index < -0.39 is 0 Å². The lowest BCUT2D eigenvalue weighted by Crippen LogP contribution is -2.16. The number of H-pyrrole nitrogens is 1. The molecule has 31 heavy (non-hydrogen) atoms. The summed E-state index contributed by atoms with van der Waals surface area (Å²) in [5.41, 5.74) is 7.13. The minimum atomic E-state index is 0.699. The first-order valence-corrected chi connectivity index (χ1v) is 9.86. The molecule has 0 amide bonds. The number of anilines is 2. The molecule has 0 saturated heterocycles. The van der Waals surface area contributed by atoms with E-state index in [-0.39, 0.29) is 0 Å². The summed E-state index contributed by atoms with van der Waals surface area (Å²) in [5.74, 6) is 0.791. The van der Waals surface area contributed by atoms with Crippen molar-refractivity contribution in [1.29, 1.82) is 0 Å². The van der Waals surface area contributed by atoms with Crippen LogP contribution < -0.4 is 10.6 Å². The number of pyridine rings is 2. The van der Waals surface area contributed by atoms with Crippen LogP contribution in [0.5, 0.6) is 0 Å². The molecule has 0 aliphatic rings. The van der Waals surface area contributed by atoms with E-state index >= 15 is 0 Å². The van der Waals surface area contributed by atoms with Gasteiger partial charge in [-0.05, 0) is 42.8 Å². The highest BCUT2D eigenvalue weighted by Gasteiger charge is 2.12. The summed E-state index contributed by atoms with van der Waals surface area (Å²) in [6, 6.07) is 12.1. The predicted molar refractivity (Wildman–Crippen MR) is 127 cm³/mol. The molecule has 156 valence electrons. The third-order valence-electron chi connectivity index (χ3n) is 4.96. The van der Waals surface area contributed by atoms with Crippen molar-refractivity contribution in [3.05, 3.63) is 85.4 Å². The van der Waals surface area contributed by atoms with Crippen molar-refractivity contribution in [2.45, 2.75) is 6.92 Å². The number of nitrogens with zero attached hydrogens (tertiary/aromatic N) is 4. The minimum absolute atomic E-state index is 0.699. The Morgan fingerprint density at radius 3 is 2.52 bits per heavy atom. The van der Waals surface area contributed by atoms with E-state index in [0.717, 1.165) is 50.6 Å². The summed E-state index contributed by atoms with van der Waals surface area (Å²) in [6.45, 7) is 10.1. The Labute approximate surface area is 181 Å². The van der Waals surface area contributed by atoms with Crippen LogP contribution in [-0.2, 0) is 0 Å².